The third kappa shape index (κ3) is 3.43. The van der Waals surface area contributed by atoms with E-state index in [9.17, 15) is 9.90 Å². The lowest BCUT2D eigenvalue weighted by Crippen LogP contribution is -2.37. The number of carboxylic acids is 1. The molecule has 1 saturated heterocycles. The minimum absolute atomic E-state index is 0.0403. The number of fused-ring (bicyclic) bond motifs is 1. The van der Waals surface area contributed by atoms with Crippen molar-refractivity contribution < 1.29 is 19.4 Å². The van der Waals surface area contributed by atoms with Crippen molar-refractivity contribution in [3.8, 4) is 5.75 Å². The average molecular weight is 368 g/mol. The van der Waals surface area contributed by atoms with Crippen LogP contribution in [0.1, 0.15) is 21.7 Å². The SMILES string of the molecule is COc1ccc2c(Cc3cccc(C(=O)O)n3)c(N3CCOCC3)nn2c1. The Kier molecular flexibility index (Phi) is 4.64. The van der Waals surface area contributed by atoms with E-state index in [0.29, 0.717) is 25.3 Å². The highest BCUT2D eigenvalue weighted by molar-refractivity contribution is 5.85. The van der Waals surface area contributed by atoms with Crippen LogP contribution in [0.5, 0.6) is 5.75 Å². The van der Waals surface area contributed by atoms with Crippen LogP contribution in [-0.4, -0.2) is 59.1 Å². The Balaban J connectivity index is 1.79. The predicted molar refractivity (Wildman–Crippen MR) is 98.8 cm³/mol. The standard InChI is InChI=1S/C19H20N4O4/c1-26-14-5-6-17-15(11-13-3-2-4-16(20-13)19(24)25)18(21-23(17)12-14)22-7-9-27-10-8-22/h2-6,12H,7-11H2,1H3,(H,24,25). The van der Waals surface area contributed by atoms with Crippen molar-refractivity contribution in [1.82, 2.24) is 14.6 Å². The molecule has 0 unspecified atom stereocenters. The molecule has 0 aromatic carbocycles. The Bertz CT molecular complexity index is 979. The number of morpholine rings is 1. The molecule has 0 saturated carbocycles. The fourth-order valence-electron chi connectivity index (χ4n) is 3.27. The molecule has 0 spiro atoms. The number of carbonyl (C=O) groups is 1. The minimum Gasteiger partial charge on any atom is -0.495 e. The first-order chi connectivity index (χ1) is 13.2. The molecule has 140 valence electrons. The second-order valence-corrected chi connectivity index (χ2v) is 6.30. The molecule has 8 heteroatoms. The highest BCUT2D eigenvalue weighted by Crippen LogP contribution is 2.28. The molecule has 0 bridgehead atoms. The van der Waals surface area contributed by atoms with Gasteiger partial charge in [-0.3, -0.25) is 0 Å². The molecule has 4 heterocycles. The van der Waals surface area contributed by atoms with Gasteiger partial charge in [0, 0.05) is 30.8 Å². The van der Waals surface area contributed by atoms with Crippen LogP contribution in [0.2, 0.25) is 0 Å². The van der Waals surface area contributed by atoms with E-state index < -0.39 is 5.97 Å². The Morgan fingerprint density at radius 3 is 2.81 bits per heavy atom. The Labute approximate surface area is 156 Å². The van der Waals surface area contributed by atoms with E-state index >= 15 is 0 Å². The van der Waals surface area contributed by atoms with Crippen molar-refractivity contribution in [1.29, 1.82) is 0 Å². The summed E-state index contributed by atoms with van der Waals surface area (Å²) < 4.78 is 12.6. The number of aromatic nitrogens is 3. The number of methoxy groups -OCH3 is 1. The maximum atomic E-state index is 11.2. The lowest BCUT2D eigenvalue weighted by atomic mass is 10.1. The van der Waals surface area contributed by atoms with E-state index in [1.54, 1.807) is 17.7 Å². The van der Waals surface area contributed by atoms with Crippen molar-refractivity contribution in [2.75, 3.05) is 38.3 Å². The first kappa shape index (κ1) is 17.3. The third-order valence-corrected chi connectivity index (χ3v) is 4.61. The lowest BCUT2D eigenvalue weighted by Gasteiger charge is -2.27. The topological polar surface area (TPSA) is 89.2 Å². The third-order valence-electron chi connectivity index (χ3n) is 4.61. The number of anilines is 1. The second-order valence-electron chi connectivity index (χ2n) is 6.30. The quantitative estimate of drug-likeness (QED) is 0.735. The molecule has 8 nitrogen and oxygen atoms in total. The normalized spacial score (nSPS) is 14.5. The van der Waals surface area contributed by atoms with Gasteiger partial charge in [-0.2, -0.15) is 0 Å². The molecule has 0 radical (unpaired) electrons. The summed E-state index contributed by atoms with van der Waals surface area (Å²) in [5, 5.41) is 14.0. The van der Waals surface area contributed by atoms with Gasteiger partial charge >= 0.3 is 5.97 Å². The Hall–Kier alpha value is -3.13. The summed E-state index contributed by atoms with van der Waals surface area (Å²) in [6.07, 6.45) is 2.33. The van der Waals surface area contributed by atoms with Gasteiger partial charge in [-0.1, -0.05) is 6.07 Å². The highest BCUT2D eigenvalue weighted by Gasteiger charge is 2.22. The van der Waals surface area contributed by atoms with Crippen molar-refractivity contribution >= 4 is 17.3 Å². The van der Waals surface area contributed by atoms with Crippen molar-refractivity contribution in [2.45, 2.75) is 6.42 Å². The van der Waals surface area contributed by atoms with Crippen LogP contribution in [0.15, 0.2) is 36.5 Å². The molecule has 1 fully saturated rings. The smallest absolute Gasteiger partial charge is 0.354 e. The van der Waals surface area contributed by atoms with Crippen LogP contribution in [0.3, 0.4) is 0 Å². The summed E-state index contributed by atoms with van der Waals surface area (Å²) in [5.41, 5.74) is 2.68. The lowest BCUT2D eigenvalue weighted by molar-refractivity contribution is 0.0690. The fraction of sp³-hybridized carbons (Fsp3) is 0.316. The summed E-state index contributed by atoms with van der Waals surface area (Å²) in [5.74, 6) is 0.556. The summed E-state index contributed by atoms with van der Waals surface area (Å²) in [4.78, 5) is 17.7. The van der Waals surface area contributed by atoms with Crippen LogP contribution in [0, 0.1) is 0 Å². The van der Waals surface area contributed by atoms with E-state index in [0.717, 1.165) is 35.7 Å². The van der Waals surface area contributed by atoms with Gasteiger partial charge in [-0.15, -0.1) is 5.10 Å². The summed E-state index contributed by atoms with van der Waals surface area (Å²) >= 11 is 0. The maximum Gasteiger partial charge on any atom is 0.354 e. The van der Waals surface area contributed by atoms with Crippen LogP contribution in [0.25, 0.3) is 5.52 Å². The second kappa shape index (κ2) is 7.24. The number of nitrogens with zero attached hydrogens (tertiary/aromatic N) is 4. The van der Waals surface area contributed by atoms with Gasteiger partial charge in [0.1, 0.15) is 11.4 Å². The summed E-state index contributed by atoms with van der Waals surface area (Å²) in [7, 11) is 1.62. The first-order valence-corrected chi connectivity index (χ1v) is 8.73. The van der Waals surface area contributed by atoms with Gasteiger partial charge in [-0.05, 0) is 24.3 Å². The van der Waals surface area contributed by atoms with Crippen molar-refractivity contribution in [3.63, 3.8) is 0 Å². The van der Waals surface area contributed by atoms with Crippen molar-refractivity contribution in [3.05, 3.63) is 53.5 Å². The summed E-state index contributed by atoms with van der Waals surface area (Å²) in [6, 6.07) is 8.91. The molecule has 4 rings (SSSR count). The number of ether oxygens (including phenoxy) is 2. The number of hydrogen-bond acceptors (Lipinski definition) is 6. The van der Waals surface area contributed by atoms with Crippen LogP contribution in [-0.2, 0) is 11.2 Å². The van der Waals surface area contributed by atoms with Crippen molar-refractivity contribution in [2.24, 2.45) is 0 Å². The van der Waals surface area contributed by atoms with Gasteiger partial charge < -0.3 is 19.5 Å². The number of pyridine rings is 2. The summed E-state index contributed by atoms with van der Waals surface area (Å²) in [6.45, 7) is 2.83. The molecule has 27 heavy (non-hydrogen) atoms. The molecule has 0 aliphatic carbocycles. The van der Waals surface area contributed by atoms with E-state index in [2.05, 4.69) is 9.88 Å². The van der Waals surface area contributed by atoms with Gasteiger partial charge in [0.25, 0.3) is 0 Å². The zero-order valence-corrected chi connectivity index (χ0v) is 15.0. The molecule has 0 atom stereocenters. The number of hydrogen-bond donors (Lipinski definition) is 1. The number of rotatable bonds is 5. The molecule has 0 amide bonds. The molecule has 1 N–H and O–H groups in total. The Morgan fingerprint density at radius 1 is 1.26 bits per heavy atom. The van der Waals surface area contributed by atoms with Gasteiger partial charge in [0.15, 0.2) is 5.82 Å². The number of carboxylic acid groups (broad SMARTS) is 1. The van der Waals surface area contributed by atoms with Crippen LogP contribution < -0.4 is 9.64 Å². The molecule has 1 aliphatic rings. The van der Waals surface area contributed by atoms with E-state index in [-0.39, 0.29) is 5.69 Å². The van der Waals surface area contributed by atoms with Gasteiger partial charge in [-0.25, -0.2) is 14.3 Å². The van der Waals surface area contributed by atoms with E-state index in [4.69, 9.17) is 14.6 Å². The molecular formula is C19H20N4O4. The Morgan fingerprint density at radius 2 is 2.07 bits per heavy atom. The van der Waals surface area contributed by atoms with Gasteiger partial charge in [0.05, 0.1) is 32.0 Å². The monoisotopic (exact) mass is 368 g/mol. The average Bonchev–Trinajstić information content (AvgIpc) is 3.06. The zero-order chi connectivity index (χ0) is 18.8. The van der Waals surface area contributed by atoms with E-state index in [1.165, 1.54) is 6.07 Å². The first-order valence-electron chi connectivity index (χ1n) is 8.73. The molecule has 3 aromatic rings. The molecule has 3 aromatic heterocycles. The largest absolute Gasteiger partial charge is 0.495 e. The minimum atomic E-state index is -1.03. The van der Waals surface area contributed by atoms with Crippen LogP contribution >= 0.6 is 0 Å². The van der Waals surface area contributed by atoms with Crippen LogP contribution in [0.4, 0.5) is 5.82 Å². The zero-order valence-electron chi connectivity index (χ0n) is 15.0. The highest BCUT2D eigenvalue weighted by atomic mass is 16.5. The van der Waals surface area contributed by atoms with E-state index in [1.807, 2.05) is 24.4 Å². The maximum absolute atomic E-state index is 11.2. The predicted octanol–water partition coefficient (Wildman–Crippen LogP) is 1.86. The van der Waals surface area contributed by atoms with Gasteiger partial charge in [0.2, 0.25) is 0 Å². The number of aromatic carboxylic acids is 1. The molecule has 1 aliphatic heterocycles. The fourth-order valence-corrected chi connectivity index (χ4v) is 3.27. The molecular weight excluding hydrogens is 348 g/mol.